The van der Waals surface area contributed by atoms with E-state index < -0.39 is 0 Å². The molecular formula is C20H15ClN2O3. The van der Waals surface area contributed by atoms with E-state index >= 15 is 0 Å². The van der Waals surface area contributed by atoms with Crippen LogP contribution < -0.4 is 10.1 Å². The number of halogens is 1. The Labute approximate surface area is 155 Å². The minimum absolute atomic E-state index is 0.0315. The van der Waals surface area contributed by atoms with Crippen LogP contribution >= 0.6 is 11.6 Å². The van der Waals surface area contributed by atoms with Gasteiger partial charge in [-0.15, -0.1) is 4.91 Å². The SMILES string of the molecule is O=Nc1cc(C(=O)Nc2ccc(OCc3ccccc3)cc2)ccc1Cl. The number of hydrogen-bond acceptors (Lipinski definition) is 4. The standard InChI is InChI=1S/C20H15ClN2O3/c21-18-11-6-15(12-19(18)23-25)20(24)22-16-7-9-17(10-8-16)26-13-14-4-2-1-3-5-14/h1-12H,13H2,(H,22,24). The smallest absolute Gasteiger partial charge is 0.255 e. The van der Waals surface area contributed by atoms with Gasteiger partial charge in [-0.2, -0.15) is 0 Å². The first-order valence-corrected chi connectivity index (χ1v) is 8.24. The van der Waals surface area contributed by atoms with E-state index in [9.17, 15) is 9.70 Å². The van der Waals surface area contributed by atoms with Crippen molar-refractivity contribution in [3.63, 3.8) is 0 Å². The Kier molecular flexibility index (Phi) is 5.61. The number of anilines is 1. The van der Waals surface area contributed by atoms with E-state index in [1.54, 1.807) is 24.3 Å². The third-order valence-electron chi connectivity index (χ3n) is 3.67. The molecule has 0 aliphatic carbocycles. The van der Waals surface area contributed by atoms with Crippen molar-refractivity contribution < 1.29 is 9.53 Å². The van der Waals surface area contributed by atoms with Crippen LogP contribution in [0.3, 0.4) is 0 Å². The summed E-state index contributed by atoms with van der Waals surface area (Å²) >= 11 is 5.81. The average Bonchev–Trinajstić information content (AvgIpc) is 2.68. The number of ether oxygens (including phenoxy) is 1. The molecule has 6 heteroatoms. The van der Waals surface area contributed by atoms with Crippen molar-refractivity contribution in [3.05, 3.63) is 93.9 Å². The molecule has 130 valence electrons. The molecule has 26 heavy (non-hydrogen) atoms. The summed E-state index contributed by atoms with van der Waals surface area (Å²) in [6.07, 6.45) is 0. The van der Waals surface area contributed by atoms with Crippen molar-refractivity contribution >= 4 is 28.9 Å². The number of hydrogen-bond donors (Lipinski definition) is 1. The Bertz CT molecular complexity index is 912. The van der Waals surface area contributed by atoms with Crippen molar-refractivity contribution in [2.24, 2.45) is 5.18 Å². The molecular weight excluding hydrogens is 352 g/mol. The van der Waals surface area contributed by atoms with E-state index in [0.717, 1.165) is 5.56 Å². The normalized spacial score (nSPS) is 10.2. The molecule has 1 amide bonds. The van der Waals surface area contributed by atoms with Crippen molar-refractivity contribution in [2.45, 2.75) is 6.61 Å². The predicted molar refractivity (Wildman–Crippen MR) is 102 cm³/mol. The molecule has 0 bridgehead atoms. The van der Waals surface area contributed by atoms with Gasteiger partial charge < -0.3 is 10.1 Å². The van der Waals surface area contributed by atoms with Crippen LogP contribution in [0.4, 0.5) is 11.4 Å². The first-order chi connectivity index (χ1) is 12.7. The Morgan fingerprint density at radius 3 is 2.42 bits per heavy atom. The van der Waals surface area contributed by atoms with Crippen molar-refractivity contribution in [1.82, 2.24) is 0 Å². The van der Waals surface area contributed by atoms with Crippen LogP contribution in [0.2, 0.25) is 5.02 Å². The zero-order valence-electron chi connectivity index (χ0n) is 13.7. The van der Waals surface area contributed by atoms with Gasteiger partial charge in [-0.1, -0.05) is 41.9 Å². The summed E-state index contributed by atoms with van der Waals surface area (Å²) in [5.74, 6) is 0.343. The maximum Gasteiger partial charge on any atom is 0.255 e. The monoisotopic (exact) mass is 366 g/mol. The molecule has 0 aromatic heterocycles. The van der Waals surface area contributed by atoms with Gasteiger partial charge in [0.1, 0.15) is 18.0 Å². The molecule has 0 unspecified atom stereocenters. The summed E-state index contributed by atoms with van der Waals surface area (Å²) in [5, 5.41) is 5.75. The summed E-state index contributed by atoms with van der Waals surface area (Å²) in [4.78, 5) is 22.9. The lowest BCUT2D eigenvalue weighted by Gasteiger charge is -2.09. The molecule has 3 aromatic carbocycles. The Hall–Kier alpha value is -3.18. The van der Waals surface area contributed by atoms with Crippen LogP contribution in [-0.2, 0) is 6.61 Å². The number of nitrogens with one attached hydrogen (secondary N) is 1. The summed E-state index contributed by atoms with van der Waals surface area (Å²) < 4.78 is 5.71. The summed E-state index contributed by atoms with van der Waals surface area (Å²) in [5.41, 5.74) is 2.02. The van der Waals surface area contributed by atoms with Gasteiger partial charge in [0.05, 0.1) is 5.02 Å². The highest BCUT2D eigenvalue weighted by atomic mass is 35.5. The molecule has 0 saturated carbocycles. The van der Waals surface area contributed by atoms with Crippen molar-refractivity contribution in [2.75, 3.05) is 5.32 Å². The second-order valence-electron chi connectivity index (χ2n) is 5.51. The highest BCUT2D eigenvalue weighted by Crippen LogP contribution is 2.26. The fraction of sp³-hybridized carbons (Fsp3) is 0.0500. The van der Waals surface area contributed by atoms with E-state index in [1.165, 1.54) is 18.2 Å². The van der Waals surface area contributed by atoms with Crippen LogP contribution in [0.1, 0.15) is 15.9 Å². The topological polar surface area (TPSA) is 67.8 Å². The molecule has 0 spiro atoms. The first-order valence-electron chi connectivity index (χ1n) is 7.87. The molecule has 0 saturated heterocycles. The molecule has 0 aliphatic rings. The van der Waals surface area contributed by atoms with E-state index in [2.05, 4.69) is 10.5 Å². The van der Waals surface area contributed by atoms with Gasteiger partial charge in [0.25, 0.3) is 5.91 Å². The zero-order valence-corrected chi connectivity index (χ0v) is 14.4. The minimum atomic E-state index is -0.357. The summed E-state index contributed by atoms with van der Waals surface area (Å²) in [6.45, 7) is 0.471. The summed E-state index contributed by atoms with van der Waals surface area (Å²) in [7, 11) is 0. The quantitative estimate of drug-likeness (QED) is 0.580. The third-order valence-corrected chi connectivity index (χ3v) is 3.99. The third kappa shape index (κ3) is 4.46. The lowest BCUT2D eigenvalue weighted by molar-refractivity contribution is 0.102. The van der Waals surface area contributed by atoms with Gasteiger partial charge in [0, 0.05) is 11.3 Å². The fourth-order valence-electron chi connectivity index (χ4n) is 2.30. The van der Waals surface area contributed by atoms with Gasteiger partial charge in [-0.05, 0) is 53.2 Å². The highest BCUT2D eigenvalue weighted by molar-refractivity contribution is 6.33. The van der Waals surface area contributed by atoms with E-state index in [1.807, 2.05) is 30.3 Å². The number of amides is 1. The molecule has 0 radical (unpaired) electrons. The van der Waals surface area contributed by atoms with Crippen LogP contribution in [0, 0.1) is 4.91 Å². The summed E-state index contributed by atoms with van der Waals surface area (Å²) in [6, 6.07) is 21.2. The maximum absolute atomic E-state index is 12.3. The van der Waals surface area contributed by atoms with Crippen LogP contribution in [-0.4, -0.2) is 5.91 Å². The first kappa shape index (κ1) is 17.6. The zero-order chi connectivity index (χ0) is 18.4. The predicted octanol–water partition coefficient (Wildman–Crippen LogP) is 5.57. The molecule has 0 fully saturated rings. The molecule has 0 atom stereocenters. The Morgan fingerprint density at radius 1 is 1.00 bits per heavy atom. The Morgan fingerprint density at radius 2 is 1.73 bits per heavy atom. The minimum Gasteiger partial charge on any atom is -0.489 e. The van der Waals surface area contributed by atoms with Gasteiger partial charge in [0.2, 0.25) is 0 Å². The van der Waals surface area contributed by atoms with Crippen molar-refractivity contribution in [3.8, 4) is 5.75 Å². The van der Waals surface area contributed by atoms with Crippen LogP contribution in [0.15, 0.2) is 78.0 Å². The van der Waals surface area contributed by atoms with Crippen LogP contribution in [0.25, 0.3) is 0 Å². The molecule has 3 rings (SSSR count). The van der Waals surface area contributed by atoms with Crippen LogP contribution in [0.5, 0.6) is 5.75 Å². The van der Waals surface area contributed by atoms with E-state index in [-0.39, 0.29) is 16.6 Å². The highest BCUT2D eigenvalue weighted by Gasteiger charge is 2.10. The number of nitrogens with zero attached hydrogens (tertiary/aromatic N) is 1. The van der Waals surface area contributed by atoms with Gasteiger partial charge in [0.15, 0.2) is 0 Å². The van der Waals surface area contributed by atoms with Crippen molar-refractivity contribution in [1.29, 1.82) is 0 Å². The van der Waals surface area contributed by atoms with Gasteiger partial charge >= 0.3 is 0 Å². The lowest BCUT2D eigenvalue weighted by atomic mass is 10.2. The molecule has 5 nitrogen and oxygen atoms in total. The van der Waals surface area contributed by atoms with E-state index in [4.69, 9.17) is 16.3 Å². The van der Waals surface area contributed by atoms with Gasteiger partial charge in [-0.25, -0.2) is 0 Å². The Balaban J connectivity index is 1.62. The van der Waals surface area contributed by atoms with E-state index in [0.29, 0.717) is 23.6 Å². The van der Waals surface area contributed by atoms with Gasteiger partial charge in [-0.3, -0.25) is 4.79 Å². The fourth-order valence-corrected chi connectivity index (χ4v) is 2.45. The molecule has 1 N–H and O–H groups in total. The largest absolute Gasteiger partial charge is 0.489 e. The second-order valence-corrected chi connectivity index (χ2v) is 5.92. The lowest BCUT2D eigenvalue weighted by Crippen LogP contribution is -2.11. The molecule has 0 aliphatic heterocycles. The maximum atomic E-state index is 12.3. The second kappa shape index (κ2) is 8.27. The number of benzene rings is 3. The number of nitroso groups, excluding NO2 is 1. The number of rotatable bonds is 6. The number of carbonyl (C=O) groups is 1. The molecule has 0 heterocycles. The molecule has 3 aromatic rings. The average molecular weight is 367 g/mol. The number of carbonyl (C=O) groups excluding carboxylic acids is 1.